The van der Waals surface area contributed by atoms with Crippen molar-refractivity contribution >= 4 is 0 Å². The van der Waals surface area contributed by atoms with Gasteiger partial charge in [0.05, 0.1) is 0 Å². The van der Waals surface area contributed by atoms with Crippen molar-refractivity contribution in [3.63, 3.8) is 0 Å². The zero-order valence-electron chi connectivity index (χ0n) is 11.7. The summed E-state index contributed by atoms with van der Waals surface area (Å²) in [4.78, 5) is 0. The minimum absolute atomic E-state index is 1.23. The molecule has 0 aliphatic heterocycles. The van der Waals surface area contributed by atoms with Crippen LogP contribution in [0, 0.1) is 0 Å². The minimum Gasteiger partial charge on any atom is -0.0845 e. The van der Waals surface area contributed by atoms with Gasteiger partial charge in [0.15, 0.2) is 0 Å². The van der Waals surface area contributed by atoms with Crippen molar-refractivity contribution in [3.8, 4) is 0 Å². The number of rotatable bonds is 0. The Morgan fingerprint density at radius 2 is 0.667 bits per heavy atom. The van der Waals surface area contributed by atoms with E-state index in [9.17, 15) is 0 Å². The molecule has 1 aliphatic rings. The van der Waals surface area contributed by atoms with Gasteiger partial charge in [-0.2, -0.15) is 0 Å². The Hall–Kier alpha value is -1.04. The Morgan fingerprint density at radius 1 is 0.333 bits per heavy atom. The normalized spacial score (nSPS) is 27.6. The molecule has 0 saturated heterocycles. The van der Waals surface area contributed by atoms with E-state index in [4.69, 9.17) is 0 Å². The van der Waals surface area contributed by atoms with E-state index in [1.165, 1.54) is 64.2 Å². The fraction of sp³-hybridized carbons (Fsp3) is 0.556. The second-order valence-electron chi connectivity index (χ2n) is 5.03. The third kappa shape index (κ3) is 10.1. The minimum atomic E-state index is 1.23. The maximum atomic E-state index is 2.28. The summed E-state index contributed by atoms with van der Waals surface area (Å²) in [5.74, 6) is 0. The highest BCUT2D eigenvalue weighted by Gasteiger charge is 1.91. The van der Waals surface area contributed by atoms with E-state index in [1.807, 2.05) is 0 Å². The molecule has 0 spiro atoms. The van der Waals surface area contributed by atoms with Crippen LogP contribution in [0.2, 0.25) is 0 Å². The first-order chi connectivity index (χ1) is 9.00. The predicted molar refractivity (Wildman–Crippen MR) is 82.7 cm³/mol. The lowest BCUT2D eigenvalue weighted by molar-refractivity contribution is 0.571. The van der Waals surface area contributed by atoms with Gasteiger partial charge in [0.2, 0.25) is 0 Å². The molecule has 18 heavy (non-hydrogen) atoms. The molecule has 0 aromatic rings. The summed E-state index contributed by atoms with van der Waals surface area (Å²) < 4.78 is 0. The molecule has 0 aromatic heterocycles. The van der Waals surface area contributed by atoms with Crippen LogP contribution in [0.5, 0.6) is 0 Å². The van der Waals surface area contributed by atoms with Crippen LogP contribution in [0.3, 0.4) is 0 Å². The lowest BCUT2D eigenvalue weighted by Crippen LogP contribution is -1.81. The van der Waals surface area contributed by atoms with E-state index in [2.05, 4.69) is 48.6 Å². The van der Waals surface area contributed by atoms with Gasteiger partial charge in [0.25, 0.3) is 0 Å². The first kappa shape index (κ1) is 15.0. The third-order valence-electron chi connectivity index (χ3n) is 3.32. The van der Waals surface area contributed by atoms with Crippen LogP contribution in [0.25, 0.3) is 0 Å². The summed E-state index contributed by atoms with van der Waals surface area (Å²) in [6, 6.07) is 0. The molecule has 1 rings (SSSR count). The molecule has 0 amide bonds. The molecule has 0 nitrogen and oxygen atoms in total. The maximum Gasteiger partial charge on any atom is -0.0348 e. The molecule has 0 radical (unpaired) electrons. The molecule has 0 saturated carbocycles. The topological polar surface area (TPSA) is 0 Å². The van der Waals surface area contributed by atoms with Crippen LogP contribution in [0.4, 0.5) is 0 Å². The van der Waals surface area contributed by atoms with Crippen molar-refractivity contribution in [3.05, 3.63) is 48.6 Å². The van der Waals surface area contributed by atoms with E-state index in [1.54, 1.807) is 0 Å². The summed E-state index contributed by atoms with van der Waals surface area (Å²) >= 11 is 0. The molecule has 0 heterocycles. The Morgan fingerprint density at radius 3 is 1.11 bits per heavy atom. The van der Waals surface area contributed by atoms with Gasteiger partial charge in [0.1, 0.15) is 0 Å². The van der Waals surface area contributed by atoms with Crippen LogP contribution in [0.15, 0.2) is 48.6 Å². The van der Waals surface area contributed by atoms with Crippen molar-refractivity contribution < 1.29 is 0 Å². The number of hydrogen-bond acceptors (Lipinski definition) is 0. The summed E-state index contributed by atoms with van der Waals surface area (Å²) in [7, 11) is 0. The zero-order chi connectivity index (χ0) is 12.7. The van der Waals surface area contributed by atoms with Gasteiger partial charge in [-0.25, -0.2) is 0 Å². The van der Waals surface area contributed by atoms with Gasteiger partial charge in [-0.3, -0.25) is 0 Å². The maximum absolute atomic E-state index is 2.28. The van der Waals surface area contributed by atoms with Crippen LogP contribution < -0.4 is 0 Å². The Balaban J connectivity index is 2.27. The van der Waals surface area contributed by atoms with Crippen LogP contribution >= 0.6 is 0 Å². The van der Waals surface area contributed by atoms with Crippen LogP contribution in [0.1, 0.15) is 64.2 Å². The van der Waals surface area contributed by atoms with Crippen molar-refractivity contribution in [2.75, 3.05) is 0 Å². The highest BCUT2D eigenvalue weighted by atomic mass is 14.0. The third-order valence-corrected chi connectivity index (χ3v) is 3.32. The Bertz CT molecular complexity index is 248. The van der Waals surface area contributed by atoms with Gasteiger partial charge < -0.3 is 0 Å². The molecular formula is C18H28. The van der Waals surface area contributed by atoms with Gasteiger partial charge in [-0.15, -0.1) is 0 Å². The SMILES string of the molecule is C1=C\C=C/CCCCCCCCCC/C=C\C=C/1. The summed E-state index contributed by atoms with van der Waals surface area (Å²) in [6.45, 7) is 0. The number of hydrogen-bond donors (Lipinski definition) is 0. The van der Waals surface area contributed by atoms with E-state index < -0.39 is 0 Å². The molecule has 1 aliphatic carbocycles. The molecular weight excluding hydrogens is 216 g/mol. The highest BCUT2D eigenvalue weighted by molar-refractivity contribution is 5.15. The van der Waals surface area contributed by atoms with E-state index in [-0.39, 0.29) is 0 Å². The average molecular weight is 244 g/mol. The molecule has 0 heteroatoms. The second kappa shape index (κ2) is 12.4. The van der Waals surface area contributed by atoms with Crippen molar-refractivity contribution in [2.45, 2.75) is 64.2 Å². The molecule has 0 aromatic carbocycles. The Kier molecular flexibility index (Phi) is 10.4. The molecule has 0 bridgehead atoms. The van der Waals surface area contributed by atoms with Crippen molar-refractivity contribution in [1.82, 2.24) is 0 Å². The van der Waals surface area contributed by atoms with E-state index in [0.717, 1.165) is 0 Å². The van der Waals surface area contributed by atoms with Gasteiger partial charge in [0, 0.05) is 0 Å². The second-order valence-corrected chi connectivity index (χ2v) is 5.03. The van der Waals surface area contributed by atoms with E-state index >= 15 is 0 Å². The fourth-order valence-corrected chi connectivity index (χ4v) is 2.19. The van der Waals surface area contributed by atoms with Crippen LogP contribution in [-0.4, -0.2) is 0 Å². The first-order valence-corrected chi connectivity index (χ1v) is 7.65. The average Bonchev–Trinajstić information content (AvgIpc) is 2.39. The van der Waals surface area contributed by atoms with Gasteiger partial charge >= 0.3 is 0 Å². The first-order valence-electron chi connectivity index (χ1n) is 7.65. The quantitative estimate of drug-likeness (QED) is 0.481. The molecule has 0 unspecified atom stereocenters. The molecule has 100 valence electrons. The standard InChI is InChI=1S/C18H28/c1-2-4-6-8-10-12-14-16-18-17-15-13-11-9-7-5-3-1/h1-8H,9-18H2/b3-1-,4-2-,7-5-,8-6-. The molecule has 0 fully saturated rings. The lowest BCUT2D eigenvalue weighted by atomic mass is 10.1. The predicted octanol–water partition coefficient (Wildman–Crippen LogP) is 6.13. The molecule has 0 atom stereocenters. The zero-order valence-corrected chi connectivity index (χ0v) is 11.7. The summed E-state index contributed by atoms with van der Waals surface area (Å²) in [5.41, 5.74) is 0. The largest absolute Gasteiger partial charge is 0.0845 e. The molecule has 0 N–H and O–H groups in total. The monoisotopic (exact) mass is 244 g/mol. The number of allylic oxidation sites excluding steroid dienone is 8. The smallest absolute Gasteiger partial charge is 0.0348 e. The summed E-state index contributed by atoms with van der Waals surface area (Å²) in [6.07, 6.45) is 31.0. The van der Waals surface area contributed by atoms with Gasteiger partial charge in [-0.05, 0) is 25.7 Å². The lowest BCUT2D eigenvalue weighted by Gasteiger charge is -2.00. The van der Waals surface area contributed by atoms with Crippen molar-refractivity contribution in [1.29, 1.82) is 0 Å². The highest BCUT2D eigenvalue weighted by Crippen LogP contribution is 2.11. The fourth-order valence-electron chi connectivity index (χ4n) is 2.19. The van der Waals surface area contributed by atoms with Crippen LogP contribution in [-0.2, 0) is 0 Å². The van der Waals surface area contributed by atoms with Crippen molar-refractivity contribution in [2.24, 2.45) is 0 Å². The Labute approximate surface area is 113 Å². The van der Waals surface area contributed by atoms with E-state index in [0.29, 0.717) is 0 Å². The summed E-state index contributed by atoms with van der Waals surface area (Å²) in [5, 5.41) is 0. The van der Waals surface area contributed by atoms with Gasteiger partial charge in [-0.1, -0.05) is 87.1 Å².